The highest BCUT2D eigenvalue weighted by Gasteiger charge is 2.20. The van der Waals surface area contributed by atoms with Gasteiger partial charge < -0.3 is 10.1 Å². The Kier molecular flexibility index (Phi) is 4.75. The summed E-state index contributed by atoms with van der Waals surface area (Å²) in [5.74, 6) is -0.319. The lowest BCUT2D eigenvalue weighted by molar-refractivity contribution is 0.0670. The Bertz CT molecular complexity index is 809. The number of hydrogen-bond donors (Lipinski definition) is 2. The molecule has 0 radical (unpaired) electrons. The van der Waals surface area contributed by atoms with Gasteiger partial charge >= 0.3 is 11.4 Å². The minimum Gasteiger partial charge on any atom is -0.381 e. The number of benzene rings is 1. The predicted octanol–water partition coefficient (Wildman–Crippen LogP) is 1.34. The van der Waals surface area contributed by atoms with Crippen LogP contribution in [0.15, 0.2) is 27.8 Å². The van der Waals surface area contributed by atoms with E-state index >= 15 is 0 Å². The van der Waals surface area contributed by atoms with Crippen LogP contribution in [0.1, 0.15) is 30.0 Å². The van der Waals surface area contributed by atoms with Crippen molar-refractivity contribution >= 4 is 5.95 Å². The predicted molar refractivity (Wildman–Crippen MR) is 86.7 cm³/mol. The molecule has 0 bridgehead atoms. The Hall–Kier alpha value is -2.48. The summed E-state index contributed by atoms with van der Waals surface area (Å²) in [6.07, 6.45) is 1.21. The summed E-state index contributed by atoms with van der Waals surface area (Å²) in [6.45, 7) is 3.02. The van der Waals surface area contributed by atoms with Crippen molar-refractivity contribution < 1.29 is 9.13 Å². The second kappa shape index (κ2) is 6.96. The Balaban J connectivity index is 1.79. The highest BCUT2D eigenvalue weighted by Crippen LogP contribution is 2.17. The topological polar surface area (TPSA) is 89.0 Å². The number of aromatic amines is 1. The van der Waals surface area contributed by atoms with Crippen LogP contribution in [0.5, 0.6) is 0 Å². The van der Waals surface area contributed by atoms with E-state index in [1.807, 2.05) is 6.92 Å². The van der Waals surface area contributed by atoms with Crippen LogP contribution in [0, 0.1) is 12.7 Å². The number of H-pyrrole nitrogens is 1. The van der Waals surface area contributed by atoms with Crippen LogP contribution in [0.4, 0.5) is 10.3 Å². The van der Waals surface area contributed by atoms with E-state index in [1.54, 1.807) is 12.1 Å². The number of aromatic nitrogens is 3. The van der Waals surface area contributed by atoms with E-state index in [-0.39, 0.29) is 24.4 Å². The van der Waals surface area contributed by atoms with Crippen molar-refractivity contribution in [1.29, 1.82) is 0 Å². The highest BCUT2D eigenvalue weighted by molar-refractivity contribution is 5.29. The third kappa shape index (κ3) is 3.53. The third-order valence-electron chi connectivity index (χ3n) is 4.06. The number of nitrogens with zero attached hydrogens (tertiary/aromatic N) is 2. The lowest BCUT2D eigenvalue weighted by atomic mass is 10.1. The van der Waals surface area contributed by atoms with Crippen LogP contribution in [-0.4, -0.2) is 27.7 Å². The van der Waals surface area contributed by atoms with E-state index in [0.717, 1.165) is 10.1 Å². The van der Waals surface area contributed by atoms with Crippen LogP contribution >= 0.6 is 0 Å². The Morgan fingerprint density at radius 3 is 2.83 bits per heavy atom. The smallest absolute Gasteiger partial charge is 0.355 e. The van der Waals surface area contributed by atoms with Crippen LogP contribution in [0.25, 0.3) is 0 Å². The normalized spacial score (nSPS) is 15.4. The average Bonchev–Trinajstić information content (AvgIpc) is 2.56. The van der Waals surface area contributed by atoms with Crippen LogP contribution in [-0.2, 0) is 11.3 Å². The number of hydrogen-bond acceptors (Lipinski definition) is 5. The average molecular weight is 334 g/mol. The summed E-state index contributed by atoms with van der Waals surface area (Å²) in [5, 5.41) is 2.80. The molecule has 1 aliphatic rings. The monoisotopic (exact) mass is 334 g/mol. The van der Waals surface area contributed by atoms with Gasteiger partial charge in [-0.2, -0.15) is 4.98 Å². The first-order valence-electron chi connectivity index (χ1n) is 7.84. The molecule has 1 aromatic heterocycles. The van der Waals surface area contributed by atoms with Crippen molar-refractivity contribution in [3.8, 4) is 0 Å². The molecule has 0 aliphatic carbocycles. The molecule has 2 N–H and O–H groups in total. The lowest BCUT2D eigenvalue weighted by Gasteiger charge is -2.22. The van der Waals surface area contributed by atoms with E-state index in [9.17, 15) is 14.0 Å². The molecule has 3 rings (SSSR count). The zero-order valence-electron chi connectivity index (χ0n) is 13.3. The first-order valence-corrected chi connectivity index (χ1v) is 7.84. The van der Waals surface area contributed by atoms with Crippen molar-refractivity contribution in [3.05, 3.63) is 56.1 Å². The van der Waals surface area contributed by atoms with Crippen molar-refractivity contribution in [1.82, 2.24) is 14.5 Å². The molecule has 24 heavy (non-hydrogen) atoms. The minimum absolute atomic E-state index is 0.0363. The van der Waals surface area contributed by atoms with Crippen molar-refractivity contribution in [2.45, 2.75) is 32.4 Å². The number of ether oxygens (including phenoxy) is 1. The summed E-state index contributed by atoms with van der Waals surface area (Å²) in [7, 11) is 0. The summed E-state index contributed by atoms with van der Waals surface area (Å²) in [6, 6.07) is 4.55. The second-order valence-corrected chi connectivity index (χ2v) is 5.84. The minimum atomic E-state index is -0.613. The summed E-state index contributed by atoms with van der Waals surface area (Å²) >= 11 is 0. The van der Waals surface area contributed by atoms with Crippen molar-refractivity contribution in [2.24, 2.45) is 0 Å². The summed E-state index contributed by atoms with van der Waals surface area (Å²) < 4.78 is 20.1. The van der Waals surface area contributed by atoms with Crippen LogP contribution in [0.3, 0.4) is 0 Å². The van der Waals surface area contributed by atoms with Gasteiger partial charge in [0.2, 0.25) is 5.95 Å². The molecule has 0 unspecified atom stereocenters. The summed E-state index contributed by atoms with van der Waals surface area (Å²) in [5.41, 5.74) is 0.225. The molecule has 7 nitrogen and oxygen atoms in total. The van der Waals surface area contributed by atoms with E-state index in [2.05, 4.69) is 15.3 Å². The molecule has 0 saturated carbocycles. The van der Waals surface area contributed by atoms with Crippen LogP contribution in [0.2, 0.25) is 0 Å². The van der Waals surface area contributed by atoms with Gasteiger partial charge in [-0.05, 0) is 25.8 Å². The number of anilines is 1. The van der Waals surface area contributed by atoms with Gasteiger partial charge in [0.05, 0.1) is 0 Å². The molecule has 128 valence electrons. The zero-order valence-corrected chi connectivity index (χ0v) is 13.3. The van der Waals surface area contributed by atoms with Gasteiger partial charge in [-0.25, -0.2) is 18.5 Å². The van der Waals surface area contributed by atoms with Crippen molar-refractivity contribution in [3.63, 3.8) is 0 Å². The fourth-order valence-electron chi connectivity index (χ4n) is 2.79. The van der Waals surface area contributed by atoms with Gasteiger partial charge in [0.25, 0.3) is 0 Å². The van der Waals surface area contributed by atoms with Gasteiger partial charge in [-0.3, -0.25) is 4.98 Å². The fourth-order valence-corrected chi connectivity index (χ4v) is 2.79. The number of halogens is 1. The SMILES string of the molecule is Cc1ccc(F)c(CNc2nc(=O)n(C3CCOCC3)c(=O)[nH]2)c1. The molecule has 0 spiro atoms. The molecule has 1 fully saturated rings. The van der Waals surface area contributed by atoms with Crippen molar-refractivity contribution in [2.75, 3.05) is 18.5 Å². The number of aryl methyl sites for hydroxylation is 1. The quantitative estimate of drug-likeness (QED) is 0.881. The molecule has 8 heteroatoms. The standard InChI is InChI=1S/C16H19FN4O3/c1-10-2-3-13(17)11(8-10)9-18-14-19-15(22)21(16(23)20-14)12-4-6-24-7-5-12/h2-3,8,12H,4-7,9H2,1H3,(H2,18,19,20,22,23). The fraction of sp³-hybridized carbons (Fsp3) is 0.438. The lowest BCUT2D eigenvalue weighted by Crippen LogP contribution is -2.42. The molecule has 2 aromatic rings. The van der Waals surface area contributed by atoms with Crippen LogP contribution < -0.4 is 16.7 Å². The maximum Gasteiger partial charge on any atom is 0.355 e. The van der Waals surface area contributed by atoms with E-state index in [1.165, 1.54) is 6.07 Å². The third-order valence-corrected chi connectivity index (χ3v) is 4.06. The molecule has 1 aromatic carbocycles. The molecule has 1 saturated heterocycles. The maximum atomic E-state index is 13.7. The second-order valence-electron chi connectivity index (χ2n) is 5.84. The number of rotatable bonds is 4. The molecule has 0 atom stereocenters. The Labute approximate surface area is 137 Å². The number of nitrogens with one attached hydrogen (secondary N) is 2. The van der Waals surface area contributed by atoms with E-state index < -0.39 is 11.4 Å². The van der Waals surface area contributed by atoms with Gasteiger partial charge in [-0.15, -0.1) is 0 Å². The molecular weight excluding hydrogens is 315 g/mol. The molecule has 2 heterocycles. The summed E-state index contributed by atoms with van der Waals surface area (Å²) in [4.78, 5) is 30.8. The molecule has 0 amide bonds. The molecule has 1 aliphatic heterocycles. The Morgan fingerprint density at radius 1 is 1.38 bits per heavy atom. The highest BCUT2D eigenvalue weighted by atomic mass is 19.1. The van der Waals surface area contributed by atoms with Gasteiger partial charge in [0.15, 0.2) is 0 Å². The van der Waals surface area contributed by atoms with Gasteiger partial charge in [0.1, 0.15) is 5.82 Å². The Morgan fingerprint density at radius 2 is 2.12 bits per heavy atom. The van der Waals surface area contributed by atoms with Gasteiger partial charge in [-0.1, -0.05) is 17.7 Å². The van der Waals surface area contributed by atoms with E-state index in [0.29, 0.717) is 31.6 Å². The maximum absolute atomic E-state index is 13.7. The first kappa shape index (κ1) is 16.4. The zero-order chi connectivity index (χ0) is 17.1. The van der Waals surface area contributed by atoms with E-state index in [4.69, 9.17) is 4.74 Å². The van der Waals surface area contributed by atoms with Gasteiger partial charge in [0, 0.05) is 31.4 Å². The molecular formula is C16H19FN4O3. The largest absolute Gasteiger partial charge is 0.381 e. The first-order chi connectivity index (χ1) is 11.5.